The summed E-state index contributed by atoms with van der Waals surface area (Å²) in [5.74, 6) is -0.0107. The van der Waals surface area contributed by atoms with E-state index < -0.39 is 0 Å². The van der Waals surface area contributed by atoms with Gasteiger partial charge in [0.05, 0.1) is 11.9 Å². The van der Waals surface area contributed by atoms with Crippen molar-refractivity contribution in [3.63, 3.8) is 0 Å². The number of halogens is 1. The van der Waals surface area contributed by atoms with Gasteiger partial charge in [0, 0.05) is 36.7 Å². The molecule has 0 aromatic carbocycles. The average Bonchev–Trinajstić information content (AvgIpc) is 2.82. The molecule has 0 saturated carbocycles. The second-order valence-electron chi connectivity index (χ2n) is 6.46. The Hall–Kier alpha value is -1.88. The maximum Gasteiger partial charge on any atom is 0.237 e. The van der Waals surface area contributed by atoms with Gasteiger partial charge in [0.15, 0.2) is 0 Å². The van der Waals surface area contributed by atoms with Crippen molar-refractivity contribution in [2.75, 3.05) is 12.4 Å². The number of fused-ring (bicyclic) bond motifs is 1. The number of amides is 1. The summed E-state index contributed by atoms with van der Waals surface area (Å²) in [6.45, 7) is 5.60. The van der Waals surface area contributed by atoms with Crippen LogP contribution in [0.2, 0.25) is 0 Å². The number of pyridine rings is 1. The Kier molecular flexibility index (Phi) is 3.91. The number of alkyl halides is 1. The predicted octanol–water partition coefficient (Wildman–Crippen LogP) is 2.42. The Bertz CT molecular complexity index is 681. The van der Waals surface area contributed by atoms with Crippen LogP contribution in [0, 0.1) is 5.41 Å². The quantitative estimate of drug-likeness (QED) is 0.799. The molecule has 0 saturated heterocycles. The minimum absolute atomic E-state index is 0.0178. The highest BCUT2D eigenvalue weighted by Gasteiger charge is 2.32. The Morgan fingerprint density at radius 1 is 1.36 bits per heavy atom. The van der Waals surface area contributed by atoms with Crippen LogP contribution < -0.4 is 0 Å². The predicted molar refractivity (Wildman–Crippen MR) is 85.0 cm³/mol. The highest BCUT2D eigenvalue weighted by Crippen LogP contribution is 2.31. The van der Waals surface area contributed by atoms with Crippen LogP contribution in [-0.2, 0) is 17.8 Å². The van der Waals surface area contributed by atoms with Gasteiger partial charge in [-0.05, 0) is 24.0 Å². The van der Waals surface area contributed by atoms with E-state index in [0.717, 1.165) is 23.4 Å². The SMILES string of the molecule is CC1(C)Cc2c(cnn2-c2ccncc2)CN(C(=O)CCl)C1. The highest BCUT2D eigenvalue weighted by molar-refractivity contribution is 6.27. The zero-order valence-electron chi connectivity index (χ0n) is 12.8. The molecule has 3 heterocycles. The summed E-state index contributed by atoms with van der Waals surface area (Å²) in [6, 6.07) is 3.87. The third-order valence-electron chi connectivity index (χ3n) is 3.96. The van der Waals surface area contributed by atoms with E-state index in [-0.39, 0.29) is 17.2 Å². The van der Waals surface area contributed by atoms with Crippen molar-refractivity contribution in [3.8, 4) is 5.69 Å². The summed E-state index contributed by atoms with van der Waals surface area (Å²) >= 11 is 5.74. The fourth-order valence-electron chi connectivity index (χ4n) is 2.98. The second-order valence-corrected chi connectivity index (χ2v) is 6.73. The number of hydrogen-bond acceptors (Lipinski definition) is 3. The molecular weight excluding hydrogens is 300 g/mol. The van der Waals surface area contributed by atoms with Crippen molar-refractivity contribution in [3.05, 3.63) is 42.0 Å². The smallest absolute Gasteiger partial charge is 0.237 e. The van der Waals surface area contributed by atoms with Crippen molar-refractivity contribution in [2.45, 2.75) is 26.8 Å². The Morgan fingerprint density at radius 3 is 2.77 bits per heavy atom. The van der Waals surface area contributed by atoms with Crippen LogP contribution >= 0.6 is 11.6 Å². The molecule has 0 aliphatic carbocycles. The van der Waals surface area contributed by atoms with E-state index in [4.69, 9.17) is 11.6 Å². The monoisotopic (exact) mass is 318 g/mol. The van der Waals surface area contributed by atoms with Crippen LogP contribution in [0.4, 0.5) is 0 Å². The molecule has 1 amide bonds. The number of nitrogens with zero attached hydrogens (tertiary/aromatic N) is 4. The fraction of sp³-hybridized carbons (Fsp3) is 0.438. The van der Waals surface area contributed by atoms with Gasteiger partial charge in [0.1, 0.15) is 5.88 Å². The lowest BCUT2D eigenvalue weighted by molar-refractivity contribution is -0.130. The first-order chi connectivity index (χ1) is 10.5. The molecule has 1 aliphatic rings. The largest absolute Gasteiger partial charge is 0.337 e. The summed E-state index contributed by atoms with van der Waals surface area (Å²) in [6.07, 6.45) is 6.23. The first-order valence-corrected chi connectivity index (χ1v) is 7.83. The standard InChI is InChI=1S/C16H19ClN4O/c1-16(2)7-14-12(10-20(11-16)15(22)8-17)9-19-21(14)13-3-5-18-6-4-13/h3-6,9H,7-8,10-11H2,1-2H3. The molecule has 0 fully saturated rings. The molecule has 22 heavy (non-hydrogen) atoms. The topological polar surface area (TPSA) is 51.0 Å². The van der Waals surface area contributed by atoms with E-state index in [1.165, 1.54) is 0 Å². The van der Waals surface area contributed by atoms with Crippen LogP contribution in [0.5, 0.6) is 0 Å². The zero-order chi connectivity index (χ0) is 15.7. The van der Waals surface area contributed by atoms with E-state index in [1.807, 2.05) is 27.9 Å². The molecule has 0 unspecified atom stereocenters. The summed E-state index contributed by atoms with van der Waals surface area (Å²) in [5.41, 5.74) is 3.20. The van der Waals surface area contributed by atoms with E-state index in [2.05, 4.69) is 23.9 Å². The van der Waals surface area contributed by atoms with Crippen LogP contribution in [0.1, 0.15) is 25.1 Å². The van der Waals surface area contributed by atoms with Gasteiger partial charge in [0.2, 0.25) is 5.91 Å². The molecule has 1 aliphatic heterocycles. The summed E-state index contributed by atoms with van der Waals surface area (Å²) < 4.78 is 1.95. The lowest BCUT2D eigenvalue weighted by atomic mass is 9.87. The minimum Gasteiger partial charge on any atom is -0.337 e. The van der Waals surface area contributed by atoms with Crippen LogP contribution in [0.3, 0.4) is 0 Å². The minimum atomic E-state index is -0.0300. The molecule has 0 spiro atoms. The summed E-state index contributed by atoms with van der Waals surface area (Å²) in [4.78, 5) is 17.9. The lowest BCUT2D eigenvalue weighted by Crippen LogP contribution is -2.38. The third kappa shape index (κ3) is 2.86. The maximum absolute atomic E-state index is 12.1. The number of aromatic nitrogens is 3. The molecule has 0 N–H and O–H groups in total. The van der Waals surface area contributed by atoms with Crippen molar-refractivity contribution in [1.29, 1.82) is 0 Å². The lowest BCUT2D eigenvalue weighted by Gasteiger charge is -2.29. The Balaban J connectivity index is 2.03. The number of rotatable bonds is 2. The fourth-order valence-corrected chi connectivity index (χ4v) is 3.15. The molecule has 0 bridgehead atoms. The number of carbonyl (C=O) groups excluding carboxylic acids is 1. The second kappa shape index (κ2) is 5.72. The summed E-state index contributed by atoms with van der Waals surface area (Å²) in [7, 11) is 0. The molecule has 5 nitrogen and oxygen atoms in total. The van der Waals surface area contributed by atoms with E-state index in [0.29, 0.717) is 13.1 Å². The Labute approximate surface area is 134 Å². The van der Waals surface area contributed by atoms with Gasteiger partial charge in [-0.3, -0.25) is 9.78 Å². The number of hydrogen-bond donors (Lipinski definition) is 0. The van der Waals surface area contributed by atoms with Gasteiger partial charge in [-0.1, -0.05) is 13.8 Å². The maximum atomic E-state index is 12.1. The van der Waals surface area contributed by atoms with Crippen LogP contribution in [-0.4, -0.2) is 38.0 Å². The summed E-state index contributed by atoms with van der Waals surface area (Å²) in [5, 5.41) is 4.51. The molecule has 2 aromatic rings. The first kappa shape index (κ1) is 15.0. The van der Waals surface area contributed by atoms with E-state index >= 15 is 0 Å². The van der Waals surface area contributed by atoms with Gasteiger partial charge in [0.25, 0.3) is 0 Å². The zero-order valence-corrected chi connectivity index (χ0v) is 13.5. The van der Waals surface area contributed by atoms with E-state index in [1.54, 1.807) is 12.4 Å². The van der Waals surface area contributed by atoms with Gasteiger partial charge >= 0.3 is 0 Å². The number of carbonyl (C=O) groups is 1. The van der Waals surface area contributed by atoms with Crippen LogP contribution in [0.15, 0.2) is 30.7 Å². The molecule has 3 rings (SSSR count). The van der Waals surface area contributed by atoms with Crippen molar-refractivity contribution >= 4 is 17.5 Å². The normalized spacial score (nSPS) is 17.0. The molecule has 0 atom stereocenters. The van der Waals surface area contributed by atoms with Crippen LogP contribution in [0.25, 0.3) is 5.69 Å². The van der Waals surface area contributed by atoms with Gasteiger partial charge in [-0.15, -0.1) is 11.6 Å². The van der Waals surface area contributed by atoms with Crippen molar-refractivity contribution in [1.82, 2.24) is 19.7 Å². The van der Waals surface area contributed by atoms with Gasteiger partial charge < -0.3 is 4.90 Å². The highest BCUT2D eigenvalue weighted by atomic mass is 35.5. The van der Waals surface area contributed by atoms with Crippen molar-refractivity contribution < 1.29 is 4.79 Å². The van der Waals surface area contributed by atoms with Crippen molar-refractivity contribution in [2.24, 2.45) is 5.41 Å². The molecular formula is C16H19ClN4O. The molecule has 2 aromatic heterocycles. The van der Waals surface area contributed by atoms with Gasteiger partial charge in [-0.25, -0.2) is 4.68 Å². The third-order valence-corrected chi connectivity index (χ3v) is 4.18. The van der Waals surface area contributed by atoms with Gasteiger partial charge in [-0.2, -0.15) is 5.10 Å². The average molecular weight is 319 g/mol. The first-order valence-electron chi connectivity index (χ1n) is 7.30. The molecule has 116 valence electrons. The molecule has 0 radical (unpaired) electrons. The Morgan fingerprint density at radius 2 is 2.09 bits per heavy atom. The molecule has 6 heteroatoms. The van der Waals surface area contributed by atoms with E-state index in [9.17, 15) is 4.79 Å².